The third-order valence-corrected chi connectivity index (χ3v) is 2.38. The molecule has 1 aromatic carbocycles. The van der Waals surface area contributed by atoms with Crippen molar-refractivity contribution in [3.05, 3.63) is 29.6 Å². The molecule has 1 aromatic rings. The van der Waals surface area contributed by atoms with Gasteiger partial charge in [-0.05, 0) is 12.6 Å². The van der Waals surface area contributed by atoms with Gasteiger partial charge in [-0.25, -0.2) is 4.39 Å². The van der Waals surface area contributed by atoms with Crippen LogP contribution >= 0.6 is 0 Å². The first-order chi connectivity index (χ1) is 7.60. The Labute approximate surface area is 92.8 Å². The fourth-order valence-electron chi connectivity index (χ4n) is 1.47. The second-order valence-corrected chi connectivity index (χ2v) is 3.39. The Bertz CT molecular complexity index is 381. The fraction of sp³-hybridized carbons (Fsp3) is 0.364. The summed E-state index contributed by atoms with van der Waals surface area (Å²) in [6.07, 6.45) is 0.0179. The lowest BCUT2D eigenvalue weighted by atomic mass is 9.95. The monoisotopic (exact) mass is 227 g/mol. The summed E-state index contributed by atoms with van der Waals surface area (Å²) in [5.74, 6) is -2.06. The van der Waals surface area contributed by atoms with Gasteiger partial charge in [0.2, 0.25) is 0 Å². The van der Waals surface area contributed by atoms with Gasteiger partial charge in [0.25, 0.3) is 0 Å². The first-order valence-corrected chi connectivity index (χ1v) is 4.84. The molecule has 1 rings (SSSR count). The van der Waals surface area contributed by atoms with Gasteiger partial charge >= 0.3 is 5.97 Å². The number of para-hydroxylation sites is 1. The van der Waals surface area contributed by atoms with E-state index in [1.807, 2.05) is 0 Å². The fourth-order valence-corrected chi connectivity index (χ4v) is 1.47. The number of ether oxygens (including phenoxy) is 1. The first kappa shape index (κ1) is 12.4. The molecule has 5 heteroatoms. The van der Waals surface area contributed by atoms with Crippen molar-refractivity contribution >= 4 is 5.97 Å². The number of hydrogen-bond donors (Lipinski definition) is 2. The average Bonchev–Trinajstić information content (AvgIpc) is 2.29. The molecule has 0 aliphatic heterocycles. The predicted octanol–water partition coefficient (Wildman–Crippen LogP) is 1.14. The van der Waals surface area contributed by atoms with E-state index in [1.165, 1.54) is 13.2 Å². The summed E-state index contributed by atoms with van der Waals surface area (Å²) < 4.78 is 17.6. The Balaban J connectivity index is 2.95. The highest BCUT2D eigenvalue weighted by atomic mass is 19.1. The van der Waals surface area contributed by atoms with Crippen LogP contribution in [0.2, 0.25) is 0 Å². The summed E-state index contributed by atoms with van der Waals surface area (Å²) in [6, 6.07) is 4.15. The van der Waals surface area contributed by atoms with E-state index >= 15 is 0 Å². The van der Waals surface area contributed by atoms with E-state index in [2.05, 4.69) is 4.74 Å². The maximum absolute atomic E-state index is 13.1. The Kier molecular flexibility index (Phi) is 4.25. The van der Waals surface area contributed by atoms with Crippen LogP contribution < -0.4 is 5.73 Å². The van der Waals surface area contributed by atoms with Gasteiger partial charge in [-0.2, -0.15) is 0 Å². The van der Waals surface area contributed by atoms with Crippen LogP contribution in [0, 0.1) is 5.82 Å². The largest absolute Gasteiger partial charge is 0.505 e. The molecule has 4 nitrogen and oxygen atoms in total. The molecule has 0 bridgehead atoms. The molecule has 0 fully saturated rings. The van der Waals surface area contributed by atoms with Crippen molar-refractivity contribution in [2.75, 3.05) is 13.7 Å². The molecule has 0 saturated carbocycles. The van der Waals surface area contributed by atoms with E-state index in [4.69, 9.17) is 5.73 Å². The van der Waals surface area contributed by atoms with Crippen molar-refractivity contribution < 1.29 is 19.0 Å². The number of halogens is 1. The molecule has 0 aliphatic carbocycles. The van der Waals surface area contributed by atoms with Crippen molar-refractivity contribution in [2.45, 2.75) is 12.3 Å². The molecular formula is C11H14FNO3. The van der Waals surface area contributed by atoms with Crippen LogP contribution in [0.25, 0.3) is 0 Å². The Morgan fingerprint density at radius 1 is 1.62 bits per heavy atom. The van der Waals surface area contributed by atoms with E-state index in [9.17, 15) is 14.3 Å². The predicted molar refractivity (Wildman–Crippen MR) is 56.5 cm³/mol. The minimum absolute atomic E-state index is 0.0179. The lowest BCUT2D eigenvalue weighted by molar-refractivity contribution is -0.141. The molecular weight excluding hydrogens is 213 g/mol. The number of carbonyl (C=O) groups excluding carboxylic acids is 1. The smallest absolute Gasteiger partial charge is 0.306 e. The first-order valence-electron chi connectivity index (χ1n) is 4.84. The van der Waals surface area contributed by atoms with Crippen LogP contribution in [0.3, 0.4) is 0 Å². The van der Waals surface area contributed by atoms with E-state index in [1.54, 1.807) is 6.07 Å². The van der Waals surface area contributed by atoms with Gasteiger partial charge in [-0.1, -0.05) is 12.1 Å². The molecule has 3 N–H and O–H groups in total. The minimum Gasteiger partial charge on any atom is -0.505 e. The third-order valence-electron chi connectivity index (χ3n) is 2.38. The number of phenolic OH excluding ortho intramolecular Hbond substituents is 1. The SMILES string of the molecule is COC(=O)CC(CN)c1cccc(F)c1O. The Hall–Kier alpha value is -1.62. The summed E-state index contributed by atoms with van der Waals surface area (Å²) in [5, 5.41) is 9.50. The number of phenols is 1. The lowest BCUT2D eigenvalue weighted by Gasteiger charge is -2.15. The second kappa shape index (κ2) is 5.46. The molecule has 0 saturated heterocycles. The van der Waals surface area contributed by atoms with E-state index in [-0.39, 0.29) is 13.0 Å². The topological polar surface area (TPSA) is 72.5 Å². The summed E-state index contributed by atoms with van der Waals surface area (Å²) in [7, 11) is 1.27. The normalized spacial score (nSPS) is 12.2. The van der Waals surface area contributed by atoms with Crippen molar-refractivity contribution in [1.82, 2.24) is 0 Å². The van der Waals surface area contributed by atoms with E-state index < -0.39 is 23.5 Å². The number of methoxy groups -OCH3 is 1. The second-order valence-electron chi connectivity index (χ2n) is 3.39. The molecule has 0 spiro atoms. The Morgan fingerprint density at radius 2 is 2.31 bits per heavy atom. The molecule has 16 heavy (non-hydrogen) atoms. The van der Waals surface area contributed by atoms with Crippen molar-refractivity contribution in [1.29, 1.82) is 0 Å². The van der Waals surface area contributed by atoms with Crippen molar-refractivity contribution in [3.8, 4) is 5.75 Å². The summed E-state index contributed by atoms with van der Waals surface area (Å²) in [5.41, 5.74) is 5.81. The van der Waals surface area contributed by atoms with Crippen molar-refractivity contribution in [3.63, 3.8) is 0 Å². The van der Waals surface area contributed by atoms with Crippen LogP contribution in [-0.4, -0.2) is 24.7 Å². The average molecular weight is 227 g/mol. The minimum atomic E-state index is -0.721. The molecule has 1 unspecified atom stereocenters. The zero-order chi connectivity index (χ0) is 12.1. The third kappa shape index (κ3) is 2.70. The van der Waals surface area contributed by atoms with Gasteiger partial charge in [-0.3, -0.25) is 4.79 Å². The van der Waals surface area contributed by atoms with Gasteiger partial charge < -0.3 is 15.6 Å². The zero-order valence-corrected chi connectivity index (χ0v) is 8.94. The molecule has 88 valence electrons. The number of hydrogen-bond acceptors (Lipinski definition) is 4. The summed E-state index contributed by atoms with van der Waals surface area (Å²) in [4.78, 5) is 11.1. The van der Waals surface area contributed by atoms with E-state index in [0.717, 1.165) is 6.07 Å². The molecule has 0 amide bonds. The molecule has 0 aromatic heterocycles. The van der Waals surface area contributed by atoms with Crippen molar-refractivity contribution in [2.24, 2.45) is 5.73 Å². The maximum atomic E-state index is 13.1. The quantitative estimate of drug-likeness (QED) is 0.756. The van der Waals surface area contributed by atoms with Crippen LogP contribution in [-0.2, 0) is 9.53 Å². The standard InChI is InChI=1S/C11H14FNO3/c1-16-10(14)5-7(6-13)8-3-2-4-9(12)11(8)15/h2-4,7,15H,5-6,13H2,1H3. The number of nitrogens with two attached hydrogens (primary N) is 1. The van der Waals surface area contributed by atoms with Crippen LogP contribution in [0.5, 0.6) is 5.75 Å². The van der Waals surface area contributed by atoms with Gasteiger partial charge in [0.15, 0.2) is 11.6 Å². The number of carbonyl (C=O) groups is 1. The molecule has 0 aliphatic rings. The highest BCUT2D eigenvalue weighted by molar-refractivity contribution is 5.70. The lowest BCUT2D eigenvalue weighted by Crippen LogP contribution is -2.17. The van der Waals surface area contributed by atoms with Gasteiger partial charge in [0.1, 0.15) is 0 Å². The van der Waals surface area contributed by atoms with Gasteiger partial charge in [0.05, 0.1) is 13.5 Å². The van der Waals surface area contributed by atoms with Crippen LogP contribution in [0.15, 0.2) is 18.2 Å². The van der Waals surface area contributed by atoms with Gasteiger partial charge in [0, 0.05) is 11.5 Å². The molecule has 1 atom stereocenters. The number of aromatic hydroxyl groups is 1. The molecule has 0 heterocycles. The number of benzene rings is 1. The highest BCUT2D eigenvalue weighted by Gasteiger charge is 2.19. The number of rotatable bonds is 4. The summed E-state index contributed by atoms with van der Waals surface area (Å²) in [6.45, 7) is 0.131. The zero-order valence-electron chi connectivity index (χ0n) is 8.94. The van der Waals surface area contributed by atoms with Crippen LogP contribution in [0.4, 0.5) is 4.39 Å². The summed E-state index contributed by atoms with van der Waals surface area (Å²) >= 11 is 0. The molecule has 0 radical (unpaired) electrons. The van der Waals surface area contributed by atoms with Crippen LogP contribution in [0.1, 0.15) is 17.9 Å². The van der Waals surface area contributed by atoms with Gasteiger partial charge in [-0.15, -0.1) is 0 Å². The Morgan fingerprint density at radius 3 is 2.88 bits per heavy atom. The number of esters is 1. The maximum Gasteiger partial charge on any atom is 0.306 e. The van der Waals surface area contributed by atoms with E-state index in [0.29, 0.717) is 5.56 Å². The highest BCUT2D eigenvalue weighted by Crippen LogP contribution is 2.29.